The predicted molar refractivity (Wildman–Crippen MR) is 64.3 cm³/mol. The van der Waals surface area contributed by atoms with E-state index in [1.54, 1.807) is 0 Å². The molecule has 0 spiro atoms. The minimum atomic E-state index is -0.907. The van der Waals surface area contributed by atoms with E-state index in [1.807, 2.05) is 0 Å². The van der Waals surface area contributed by atoms with Crippen LogP contribution < -0.4 is 0 Å². The van der Waals surface area contributed by atoms with E-state index in [0.29, 0.717) is 6.04 Å². The van der Waals surface area contributed by atoms with Crippen molar-refractivity contribution in [3.05, 3.63) is 15.6 Å². The van der Waals surface area contributed by atoms with Gasteiger partial charge in [0.2, 0.25) is 5.01 Å². The molecule has 0 aliphatic heterocycles. The molecule has 0 saturated carbocycles. The number of rotatable bonds is 2. The molecule has 0 fully saturated rings. The number of likely N-dealkylation sites (N-methyl/N-ethyl adjacent to an activating group) is 1. The van der Waals surface area contributed by atoms with Gasteiger partial charge in [0.15, 0.2) is 0 Å². The average molecular weight is 233 g/mol. The van der Waals surface area contributed by atoms with E-state index in [0.717, 1.165) is 29.8 Å². The second kappa shape index (κ2) is 5.33. The summed E-state index contributed by atoms with van der Waals surface area (Å²) in [4.78, 5) is 18.3. The average Bonchev–Trinajstić information content (AvgIpc) is 2.59. The zero-order valence-electron chi connectivity index (χ0n) is 9.86. The summed E-state index contributed by atoms with van der Waals surface area (Å²) in [5.41, 5.74) is 0.988. The van der Waals surface area contributed by atoms with E-state index < -0.39 is 5.97 Å². The van der Waals surface area contributed by atoms with Gasteiger partial charge in [-0.05, 0) is 26.9 Å². The number of hydrogen-bond donors (Lipinski definition) is 1. The molecular weight excluding hydrogens is 219 g/mol. The van der Waals surface area contributed by atoms with Gasteiger partial charge < -0.3 is 10.0 Å². The molecule has 6 heteroatoms. The fourth-order valence-electron chi connectivity index (χ4n) is 1.89. The number of hydrogen-bond acceptors (Lipinski definition) is 4. The summed E-state index contributed by atoms with van der Waals surface area (Å²) in [5, 5.41) is 9.08. The molecule has 1 aromatic rings. The standard InChI is InChI=1S/C10H14N2O2S.Li/c1-12(2)6-3-4-8-7(5-6)11-9(15-8)10(13)14;/h6H,3-5H2,1-2H3,(H,13,14);. The molecule has 1 aliphatic carbocycles. The first-order chi connectivity index (χ1) is 7.08. The summed E-state index contributed by atoms with van der Waals surface area (Å²) in [6.45, 7) is 0. The van der Waals surface area contributed by atoms with Crippen molar-refractivity contribution in [2.75, 3.05) is 14.1 Å². The summed E-state index contributed by atoms with van der Waals surface area (Å²) >= 11 is 1.33. The van der Waals surface area contributed by atoms with E-state index in [4.69, 9.17) is 5.11 Å². The van der Waals surface area contributed by atoms with E-state index in [9.17, 15) is 4.79 Å². The van der Waals surface area contributed by atoms with Gasteiger partial charge in [0.05, 0.1) is 5.69 Å². The number of aromatic carboxylic acids is 1. The van der Waals surface area contributed by atoms with Crippen molar-refractivity contribution in [3.8, 4) is 0 Å². The summed E-state index contributed by atoms with van der Waals surface area (Å²) < 4.78 is 0. The third-order valence-corrected chi connectivity index (χ3v) is 3.97. The predicted octanol–water partition coefficient (Wildman–Crippen LogP) is 0.879. The van der Waals surface area contributed by atoms with E-state index in [2.05, 4.69) is 24.0 Å². The smallest absolute Gasteiger partial charge is 0.365 e. The Morgan fingerprint density at radius 2 is 2.25 bits per heavy atom. The van der Waals surface area contributed by atoms with Gasteiger partial charge in [-0.25, -0.2) is 9.78 Å². The number of aryl methyl sites for hydroxylation is 1. The van der Waals surface area contributed by atoms with Crippen molar-refractivity contribution >= 4 is 36.2 Å². The van der Waals surface area contributed by atoms with Crippen molar-refractivity contribution in [1.29, 1.82) is 0 Å². The maximum Gasteiger partial charge on any atom is 0.365 e. The largest absolute Gasteiger partial charge is 0.476 e. The van der Waals surface area contributed by atoms with Crippen LogP contribution in [0.1, 0.15) is 26.8 Å². The summed E-state index contributed by atoms with van der Waals surface area (Å²) in [5.74, 6) is -0.907. The Hall–Kier alpha value is -0.343. The number of nitrogens with zero attached hydrogens (tertiary/aromatic N) is 2. The van der Waals surface area contributed by atoms with E-state index in [1.165, 1.54) is 11.3 Å². The minimum absolute atomic E-state index is 0. The summed E-state index contributed by atoms with van der Waals surface area (Å²) in [7, 11) is 4.11. The molecule has 4 nitrogen and oxygen atoms in total. The number of carbonyl (C=O) groups is 1. The molecular formula is C10H14LiN2O2S. The van der Waals surface area contributed by atoms with Crippen LogP contribution in [0.15, 0.2) is 0 Å². The Bertz CT molecular complexity index is 392. The Kier molecular flexibility index (Phi) is 4.57. The molecule has 0 saturated heterocycles. The van der Waals surface area contributed by atoms with Gasteiger partial charge in [0.25, 0.3) is 0 Å². The number of fused-ring (bicyclic) bond motifs is 1. The van der Waals surface area contributed by atoms with Gasteiger partial charge in [-0.3, -0.25) is 0 Å². The molecule has 2 rings (SSSR count). The van der Waals surface area contributed by atoms with Gasteiger partial charge in [-0.15, -0.1) is 11.3 Å². The second-order valence-corrected chi connectivity index (χ2v) is 5.14. The van der Waals surface area contributed by atoms with Gasteiger partial charge >= 0.3 is 5.97 Å². The first kappa shape index (κ1) is 13.7. The number of carboxylic acids is 1. The molecule has 83 valence electrons. The van der Waals surface area contributed by atoms with E-state index in [-0.39, 0.29) is 23.9 Å². The molecule has 1 heterocycles. The molecule has 1 aliphatic rings. The minimum Gasteiger partial charge on any atom is -0.476 e. The Balaban J connectivity index is 0.00000128. The van der Waals surface area contributed by atoms with Crippen molar-refractivity contribution < 1.29 is 9.90 Å². The van der Waals surface area contributed by atoms with Crippen LogP contribution in [0, 0.1) is 0 Å². The SMILES string of the molecule is CN(C)C1CCc2sc(C(=O)O)nc2C1.[Li]. The topological polar surface area (TPSA) is 53.4 Å². The quantitative estimate of drug-likeness (QED) is 0.770. The second-order valence-electron chi connectivity index (χ2n) is 4.05. The van der Waals surface area contributed by atoms with Gasteiger partial charge in [0, 0.05) is 36.2 Å². The summed E-state index contributed by atoms with van der Waals surface area (Å²) in [6, 6.07) is 0.501. The third kappa shape index (κ3) is 2.66. The van der Waals surface area contributed by atoms with Crippen LogP contribution in [-0.4, -0.2) is 60.0 Å². The first-order valence-electron chi connectivity index (χ1n) is 4.96. The normalized spacial score (nSPS) is 19.1. The number of thiazole rings is 1. The molecule has 1 atom stereocenters. The monoisotopic (exact) mass is 233 g/mol. The van der Waals surface area contributed by atoms with E-state index >= 15 is 0 Å². The molecule has 0 bridgehead atoms. The van der Waals surface area contributed by atoms with Gasteiger partial charge in [0.1, 0.15) is 0 Å². The van der Waals surface area contributed by atoms with Gasteiger partial charge in [-0.2, -0.15) is 0 Å². The zero-order chi connectivity index (χ0) is 11.0. The Morgan fingerprint density at radius 3 is 2.81 bits per heavy atom. The van der Waals surface area contributed by atoms with Gasteiger partial charge in [-0.1, -0.05) is 0 Å². The molecule has 0 amide bonds. The first-order valence-corrected chi connectivity index (χ1v) is 5.78. The maximum absolute atomic E-state index is 10.8. The molecule has 1 aromatic heterocycles. The maximum atomic E-state index is 10.8. The number of carboxylic acid groups (broad SMARTS) is 1. The van der Waals surface area contributed by atoms with Crippen molar-refractivity contribution in [2.45, 2.75) is 25.3 Å². The molecule has 0 aromatic carbocycles. The van der Waals surface area contributed by atoms with Crippen molar-refractivity contribution in [2.24, 2.45) is 0 Å². The Labute approximate surface area is 111 Å². The molecule has 16 heavy (non-hydrogen) atoms. The van der Waals surface area contributed by atoms with Crippen LogP contribution in [0.3, 0.4) is 0 Å². The van der Waals surface area contributed by atoms with Crippen LogP contribution in [0.4, 0.5) is 0 Å². The molecule has 1 N–H and O–H groups in total. The van der Waals surface area contributed by atoms with Crippen molar-refractivity contribution in [3.63, 3.8) is 0 Å². The zero-order valence-corrected chi connectivity index (χ0v) is 10.7. The molecule has 1 unspecified atom stereocenters. The van der Waals surface area contributed by atoms with Crippen LogP contribution in [0.25, 0.3) is 0 Å². The third-order valence-electron chi connectivity index (χ3n) is 2.83. The molecule has 1 radical (unpaired) electrons. The fourth-order valence-corrected chi connectivity index (χ4v) is 2.84. The Morgan fingerprint density at radius 1 is 1.56 bits per heavy atom. The van der Waals surface area contributed by atoms with Crippen molar-refractivity contribution in [1.82, 2.24) is 9.88 Å². The van der Waals surface area contributed by atoms with Crippen LogP contribution in [-0.2, 0) is 12.8 Å². The van der Waals surface area contributed by atoms with Crippen LogP contribution in [0.2, 0.25) is 0 Å². The van der Waals surface area contributed by atoms with Crippen LogP contribution in [0.5, 0.6) is 0 Å². The fraction of sp³-hybridized carbons (Fsp3) is 0.600. The number of aromatic nitrogens is 1. The van der Waals surface area contributed by atoms with Crippen LogP contribution >= 0.6 is 11.3 Å². The summed E-state index contributed by atoms with van der Waals surface area (Å²) in [6.07, 6.45) is 2.94.